The fourth-order valence-electron chi connectivity index (χ4n) is 3.19. The summed E-state index contributed by atoms with van der Waals surface area (Å²) in [4.78, 5) is 41.4. The average molecular weight is 434 g/mol. The van der Waals surface area contributed by atoms with Crippen LogP contribution in [0.2, 0.25) is 0 Å². The van der Waals surface area contributed by atoms with Crippen LogP contribution in [0.15, 0.2) is 12.3 Å². The molecule has 10 nitrogen and oxygen atoms in total. The topological polar surface area (TPSA) is 121 Å². The molecule has 0 spiro atoms. The third kappa shape index (κ3) is 5.72. The number of carbonyl (C=O) groups excluding carboxylic acids is 3. The van der Waals surface area contributed by atoms with Gasteiger partial charge in [-0.15, -0.1) is 0 Å². The molecule has 2 N–H and O–H groups in total. The lowest BCUT2D eigenvalue weighted by atomic mass is 10.1. The molecular formula is C21H30N4O6. The number of methoxy groups -OCH3 is 3. The lowest BCUT2D eigenvalue weighted by Crippen LogP contribution is -2.27. The minimum absolute atomic E-state index is 0.139. The first-order chi connectivity index (χ1) is 14.7. The van der Waals surface area contributed by atoms with Crippen LogP contribution in [0.25, 0.3) is 11.0 Å². The van der Waals surface area contributed by atoms with Gasteiger partial charge < -0.3 is 29.4 Å². The number of fused-ring (bicyclic) bond motifs is 1. The number of hydrogen-bond donors (Lipinski definition) is 2. The number of rotatable bonds is 10. The zero-order chi connectivity index (χ0) is 23.1. The summed E-state index contributed by atoms with van der Waals surface area (Å²) in [5, 5.41) is 6.40. The predicted molar refractivity (Wildman–Crippen MR) is 116 cm³/mol. The number of aromatic nitrogens is 2. The second-order valence-electron chi connectivity index (χ2n) is 7.49. The van der Waals surface area contributed by atoms with Crippen LogP contribution in [0.4, 0.5) is 11.4 Å². The fraction of sp³-hybridized carbons (Fsp3) is 0.524. The molecule has 2 aromatic heterocycles. The highest BCUT2D eigenvalue weighted by Gasteiger charge is 2.26. The van der Waals surface area contributed by atoms with E-state index in [1.165, 1.54) is 14.2 Å². The van der Waals surface area contributed by atoms with Crippen molar-refractivity contribution in [2.24, 2.45) is 5.92 Å². The Morgan fingerprint density at radius 1 is 1.13 bits per heavy atom. The van der Waals surface area contributed by atoms with Gasteiger partial charge in [-0.25, -0.2) is 14.6 Å². The Hall–Kier alpha value is -3.14. The molecule has 31 heavy (non-hydrogen) atoms. The molecule has 1 unspecified atom stereocenters. The number of esters is 2. The van der Waals surface area contributed by atoms with Gasteiger partial charge in [-0.2, -0.15) is 0 Å². The molecule has 0 aliphatic rings. The number of nitrogens with one attached hydrogen (secondary N) is 2. The third-order valence-electron chi connectivity index (χ3n) is 4.59. The maximum Gasteiger partial charge on any atom is 0.356 e. The lowest BCUT2D eigenvalue weighted by Gasteiger charge is -2.13. The molecule has 0 fully saturated rings. The van der Waals surface area contributed by atoms with Crippen molar-refractivity contribution in [1.82, 2.24) is 9.55 Å². The number of amides is 1. The largest absolute Gasteiger partial charge is 0.467 e. The number of ether oxygens (including phenoxy) is 3. The number of nitrogens with zero attached hydrogens (tertiary/aromatic N) is 2. The zero-order valence-corrected chi connectivity index (χ0v) is 18.8. The lowest BCUT2D eigenvalue weighted by molar-refractivity contribution is -0.141. The van der Waals surface area contributed by atoms with E-state index in [1.54, 1.807) is 30.9 Å². The molecule has 1 atom stereocenters. The monoisotopic (exact) mass is 434 g/mol. The highest BCUT2D eigenvalue weighted by molar-refractivity contribution is 6.11. The molecule has 1 amide bonds. The Morgan fingerprint density at radius 3 is 2.42 bits per heavy atom. The van der Waals surface area contributed by atoms with Crippen LogP contribution in [0, 0.1) is 5.92 Å². The Kier molecular flexibility index (Phi) is 8.38. The minimum atomic E-state index is -0.612. The molecular weight excluding hydrogens is 404 g/mol. The second-order valence-corrected chi connectivity index (χ2v) is 7.49. The van der Waals surface area contributed by atoms with Crippen LogP contribution < -0.4 is 10.6 Å². The first kappa shape index (κ1) is 24.1. The Balaban J connectivity index is 2.63. The van der Waals surface area contributed by atoms with E-state index in [0.29, 0.717) is 35.6 Å². The molecule has 0 aliphatic carbocycles. The Bertz CT molecular complexity index is 953. The van der Waals surface area contributed by atoms with E-state index in [9.17, 15) is 14.4 Å². The quantitative estimate of drug-likeness (QED) is 0.547. The first-order valence-corrected chi connectivity index (χ1v) is 9.97. The van der Waals surface area contributed by atoms with Gasteiger partial charge in [0, 0.05) is 25.5 Å². The summed E-state index contributed by atoms with van der Waals surface area (Å²) in [6.45, 7) is 6.18. The molecule has 2 aromatic rings. The van der Waals surface area contributed by atoms with Crippen molar-refractivity contribution >= 4 is 40.3 Å². The fourth-order valence-corrected chi connectivity index (χ4v) is 3.19. The highest BCUT2D eigenvalue weighted by atomic mass is 16.5. The van der Waals surface area contributed by atoms with Gasteiger partial charge >= 0.3 is 11.9 Å². The summed E-state index contributed by atoms with van der Waals surface area (Å²) in [6, 6.07) is 1.11. The molecule has 0 saturated carbocycles. The summed E-state index contributed by atoms with van der Waals surface area (Å²) in [6.07, 6.45) is 1.84. The first-order valence-electron chi connectivity index (χ1n) is 9.97. The van der Waals surface area contributed by atoms with Crippen molar-refractivity contribution < 1.29 is 28.6 Å². The van der Waals surface area contributed by atoms with E-state index >= 15 is 0 Å². The molecule has 0 aliphatic heterocycles. The molecule has 0 aromatic carbocycles. The number of pyridine rings is 1. The number of anilines is 2. The molecule has 2 rings (SSSR count). The summed E-state index contributed by atoms with van der Waals surface area (Å²) >= 11 is 0. The van der Waals surface area contributed by atoms with Gasteiger partial charge in [0.25, 0.3) is 0 Å². The zero-order valence-electron chi connectivity index (χ0n) is 18.8. The summed E-state index contributed by atoms with van der Waals surface area (Å²) in [7, 11) is 4.14. The summed E-state index contributed by atoms with van der Waals surface area (Å²) in [5.74, 6) is -1.13. The van der Waals surface area contributed by atoms with Crippen LogP contribution in [0.3, 0.4) is 0 Å². The Morgan fingerprint density at radius 2 is 1.84 bits per heavy atom. The van der Waals surface area contributed by atoms with Crippen LogP contribution in [0.1, 0.15) is 37.7 Å². The van der Waals surface area contributed by atoms with Crippen molar-refractivity contribution in [3.63, 3.8) is 0 Å². The van der Waals surface area contributed by atoms with E-state index in [1.807, 2.05) is 13.8 Å². The van der Waals surface area contributed by atoms with Crippen molar-refractivity contribution in [3.05, 3.63) is 18.0 Å². The molecule has 0 saturated heterocycles. The van der Waals surface area contributed by atoms with Crippen molar-refractivity contribution in [1.29, 1.82) is 0 Å². The van der Waals surface area contributed by atoms with Crippen LogP contribution in [-0.2, 0) is 30.3 Å². The van der Waals surface area contributed by atoms with Gasteiger partial charge in [0.1, 0.15) is 11.7 Å². The van der Waals surface area contributed by atoms with Crippen LogP contribution >= 0.6 is 0 Å². The van der Waals surface area contributed by atoms with Gasteiger partial charge in [-0.05, 0) is 18.9 Å². The van der Waals surface area contributed by atoms with Crippen molar-refractivity contribution in [2.45, 2.75) is 39.8 Å². The third-order valence-corrected chi connectivity index (χ3v) is 4.59. The summed E-state index contributed by atoms with van der Waals surface area (Å²) in [5.41, 5.74) is 1.50. The molecule has 0 radical (unpaired) electrons. The summed E-state index contributed by atoms with van der Waals surface area (Å²) < 4.78 is 16.5. The van der Waals surface area contributed by atoms with Crippen molar-refractivity contribution in [3.8, 4) is 0 Å². The maximum atomic E-state index is 12.6. The van der Waals surface area contributed by atoms with Crippen LogP contribution in [0.5, 0.6) is 0 Å². The standard InChI is InChI=1S/C21H30N4O6/c1-12(2)9-16(26)24-17-15-10-14(23-13(3)20(27)30-5)11-22-19(15)25(7-8-29-4)18(17)21(28)31-6/h10-13,23H,7-9H2,1-6H3,(H,24,26). The number of carbonyl (C=O) groups is 3. The SMILES string of the molecule is COCCn1c(C(=O)OC)c(NC(=O)CC(C)C)c2cc(NC(C)C(=O)OC)cnc21. The highest BCUT2D eigenvalue weighted by Crippen LogP contribution is 2.33. The van der Waals surface area contributed by atoms with E-state index in [-0.39, 0.29) is 23.9 Å². The van der Waals surface area contributed by atoms with Gasteiger partial charge in [0.05, 0.1) is 38.4 Å². The molecule has 2 heterocycles. The predicted octanol–water partition coefficient (Wildman–Crippen LogP) is 2.43. The number of hydrogen-bond acceptors (Lipinski definition) is 8. The Labute approximate surface area is 181 Å². The van der Waals surface area contributed by atoms with Gasteiger partial charge in [-0.3, -0.25) is 4.79 Å². The molecule has 10 heteroatoms. The van der Waals surface area contributed by atoms with E-state index < -0.39 is 18.0 Å². The van der Waals surface area contributed by atoms with E-state index in [4.69, 9.17) is 14.2 Å². The van der Waals surface area contributed by atoms with Crippen molar-refractivity contribution in [2.75, 3.05) is 38.6 Å². The van der Waals surface area contributed by atoms with Gasteiger partial charge in [0.2, 0.25) is 5.91 Å². The average Bonchev–Trinajstić information content (AvgIpc) is 3.02. The van der Waals surface area contributed by atoms with E-state index in [0.717, 1.165) is 0 Å². The van der Waals surface area contributed by atoms with E-state index in [2.05, 4.69) is 15.6 Å². The normalized spacial score (nSPS) is 12.0. The molecule has 170 valence electrons. The van der Waals surface area contributed by atoms with Gasteiger partial charge in [0.15, 0.2) is 5.69 Å². The minimum Gasteiger partial charge on any atom is -0.467 e. The maximum absolute atomic E-state index is 12.6. The second kappa shape index (κ2) is 10.8. The smallest absolute Gasteiger partial charge is 0.356 e. The molecule has 0 bridgehead atoms. The van der Waals surface area contributed by atoms with Crippen LogP contribution in [-0.4, -0.2) is 61.4 Å². The van der Waals surface area contributed by atoms with Gasteiger partial charge in [-0.1, -0.05) is 13.8 Å².